The predicted octanol–water partition coefficient (Wildman–Crippen LogP) is 5.06. The zero-order valence-corrected chi connectivity index (χ0v) is 19.1. The van der Waals surface area contributed by atoms with E-state index in [1.165, 1.54) is 0 Å². The minimum absolute atomic E-state index is 0.313. The lowest BCUT2D eigenvalue weighted by atomic mass is 10.0. The quantitative estimate of drug-likeness (QED) is 0.334. The largest absolute Gasteiger partial charge is 0.492 e. The Hall–Kier alpha value is -3.54. The zero-order valence-electron chi connectivity index (χ0n) is 17.5. The summed E-state index contributed by atoms with van der Waals surface area (Å²) in [7, 11) is 0. The zero-order chi connectivity index (χ0) is 22.3. The Labute approximate surface area is 194 Å². The average Bonchev–Trinajstić information content (AvgIpc) is 2.82. The number of likely N-dealkylation sites (N-methyl/N-ethyl adjacent to an activating group) is 1. The Morgan fingerprint density at radius 1 is 1.06 bits per heavy atom. The molecule has 2 aromatic heterocycles. The molecule has 0 unspecified atom stereocenters. The number of anilines is 2. The summed E-state index contributed by atoms with van der Waals surface area (Å²) in [5.41, 5.74) is 3.23. The summed E-state index contributed by atoms with van der Waals surface area (Å²) in [5.74, 6) is 1.20. The molecule has 0 atom stereocenters. The molecule has 2 aromatic carbocycles. The molecule has 4 aromatic rings. The van der Waals surface area contributed by atoms with Crippen molar-refractivity contribution in [2.45, 2.75) is 6.92 Å². The summed E-state index contributed by atoms with van der Waals surface area (Å²) in [6.45, 7) is 4.41. The van der Waals surface area contributed by atoms with Crippen molar-refractivity contribution in [3.05, 3.63) is 71.0 Å². The highest BCUT2D eigenvalue weighted by Crippen LogP contribution is 2.31. The van der Waals surface area contributed by atoms with E-state index in [4.69, 9.17) is 4.74 Å². The summed E-state index contributed by atoms with van der Waals surface area (Å²) in [6, 6.07) is 19.4. The van der Waals surface area contributed by atoms with Crippen LogP contribution < -0.4 is 15.4 Å². The molecule has 0 bridgehead atoms. The van der Waals surface area contributed by atoms with Gasteiger partial charge in [-0.15, -0.1) is 0 Å². The number of hydrogen-bond acceptors (Lipinski definition) is 7. The van der Waals surface area contributed by atoms with Gasteiger partial charge in [0, 0.05) is 33.9 Å². The molecule has 32 heavy (non-hydrogen) atoms. The van der Waals surface area contributed by atoms with E-state index in [0.29, 0.717) is 23.9 Å². The standard InChI is InChI=1S/C24H21BrN6O/c1-2-27-11-12-32-18-9-7-17(8-10-18)29-24-28-15-16-13-20(19-5-3-4-6-21(19)25)22(14-26)30-23(16)31-24/h3-10,13,15,27H,2,11-12H2,1H3,(H,28,29,30,31). The van der Waals surface area contributed by atoms with Crippen LogP contribution in [0.3, 0.4) is 0 Å². The van der Waals surface area contributed by atoms with E-state index in [1.54, 1.807) is 6.20 Å². The van der Waals surface area contributed by atoms with Crippen LogP contribution in [0.25, 0.3) is 22.2 Å². The molecule has 0 fully saturated rings. The monoisotopic (exact) mass is 488 g/mol. The summed E-state index contributed by atoms with van der Waals surface area (Å²) in [5, 5.41) is 16.8. The molecule has 8 heteroatoms. The minimum atomic E-state index is 0.313. The number of nitrogens with one attached hydrogen (secondary N) is 2. The molecule has 160 valence electrons. The van der Waals surface area contributed by atoms with Gasteiger partial charge in [0.15, 0.2) is 11.3 Å². The van der Waals surface area contributed by atoms with Gasteiger partial charge >= 0.3 is 0 Å². The second-order valence-corrected chi connectivity index (χ2v) is 7.79. The summed E-state index contributed by atoms with van der Waals surface area (Å²) >= 11 is 3.54. The van der Waals surface area contributed by atoms with Crippen molar-refractivity contribution >= 4 is 38.6 Å². The highest BCUT2D eigenvalue weighted by molar-refractivity contribution is 9.10. The number of rotatable bonds is 8. The lowest BCUT2D eigenvalue weighted by molar-refractivity contribution is 0.315. The Kier molecular flexibility index (Phi) is 6.90. The fraction of sp³-hybridized carbons (Fsp3) is 0.167. The van der Waals surface area contributed by atoms with Gasteiger partial charge in [0.2, 0.25) is 5.95 Å². The maximum absolute atomic E-state index is 9.65. The number of hydrogen-bond donors (Lipinski definition) is 2. The van der Waals surface area contributed by atoms with Gasteiger partial charge in [-0.3, -0.25) is 0 Å². The van der Waals surface area contributed by atoms with Gasteiger partial charge in [-0.2, -0.15) is 10.2 Å². The molecule has 0 saturated heterocycles. The first kappa shape index (κ1) is 21.7. The van der Waals surface area contributed by atoms with E-state index < -0.39 is 0 Å². The Bertz CT molecular complexity index is 1270. The fourth-order valence-electron chi connectivity index (χ4n) is 3.18. The first-order valence-corrected chi connectivity index (χ1v) is 11.0. The van der Waals surface area contributed by atoms with Crippen molar-refractivity contribution in [3.63, 3.8) is 0 Å². The average molecular weight is 489 g/mol. The van der Waals surface area contributed by atoms with Gasteiger partial charge in [0.25, 0.3) is 0 Å². The first-order chi connectivity index (χ1) is 15.7. The molecule has 0 amide bonds. The Morgan fingerprint density at radius 3 is 2.62 bits per heavy atom. The summed E-state index contributed by atoms with van der Waals surface area (Å²) < 4.78 is 6.58. The molecule has 4 rings (SSSR count). The number of ether oxygens (including phenoxy) is 1. The van der Waals surface area contributed by atoms with Gasteiger partial charge in [-0.25, -0.2) is 9.97 Å². The number of aromatic nitrogens is 3. The number of benzene rings is 2. The first-order valence-electron chi connectivity index (χ1n) is 10.2. The van der Waals surface area contributed by atoms with Gasteiger partial charge in [-0.05, 0) is 48.5 Å². The second-order valence-electron chi connectivity index (χ2n) is 6.93. The van der Waals surface area contributed by atoms with E-state index >= 15 is 0 Å². The molecule has 0 spiro atoms. The summed E-state index contributed by atoms with van der Waals surface area (Å²) in [4.78, 5) is 13.4. The topological polar surface area (TPSA) is 95.8 Å². The van der Waals surface area contributed by atoms with E-state index in [2.05, 4.69) is 54.5 Å². The Balaban J connectivity index is 1.54. The van der Waals surface area contributed by atoms with Crippen LogP contribution in [0, 0.1) is 11.3 Å². The molecular formula is C24H21BrN6O. The van der Waals surface area contributed by atoms with Gasteiger partial charge < -0.3 is 15.4 Å². The molecule has 0 aliphatic carbocycles. The molecule has 2 heterocycles. The van der Waals surface area contributed by atoms with Crippen LogP contribution in [0.2, 0.25) is 0 Å². The third-order valence-corrected chi connectivity index (χ3v) is 5.44. The molecule has 0 saturated carbocycles. The number of halogens is 1. The maximum atomic E-state index is 9.65. The number of nitrogens with zero attached hydrogens (tertiary/aromatic N) is 4. The number of fused-ring (bicyclic) bond motifs is 1. The van der Waals surface area contributed by atoms with Crippen molar-refractivity contribution in [1.29, 1.82) is 5.26 Å². The highest BCUT2D eigenvalue weighted by atomic mass is 79.9. The SMILES string of the molecule is CCNCCOc1ccc(Nc2ncc3cc(-c4ccccc4Br)c(C#N)nc3n2)cc1. The van der Waals surface area contributed by atoms with Gasteiger partial charge in [0.1, 0.15) is 18.4 Å². The number of pyridine rings is 1. The second kappa shape index (κ2) is 10.2. The van der Waals surface area contributed by atoms with Gasteiger partial charge in [-0.1, -0.05) is 41.1 Å². The molecule has 0 radical (unpaired) electrons. The van der Waals surface area contributed by atoms with Crippen LogP contribution in [0.4, 0.5) is 11.6 Å². The van der Waals surface area contributed by atoms with Crippen LogP contribution in [0.1, 0.15) is 12.6 Å². The van der Waals surface area contributed by atoms with Crippen LogP contribution in [0.15, 0.2) is 65.3 Å². The number of nitriles is 1. The summed E-state index contributed by atoms with van der Waals surface area (Å²) in [6.07, 6.45) is 1.71. The highest BCUT2D eigenvalue weighted by Gasteiger charge is 2.13. The van der Waals surface area contributed by atoms with E-state index in [0.717, 1.165) is 45.5 Å². The van der Waals surface area contributed by atoms with Crippen molar-refractivity contribution in [3.8, 4) is 22.9 Å². The van der Waals surface area contributed by atoms with Crippen molar-refractivity contribution < 1.29 is 4.74 Å². The third kappa shape index (κ3) is 5.02. The molecule has 0 aliphatic rings. The predicted molar refractivity (Wildman–Crippen MR) is 129 cm³/mol. The van der Waals surface area contributed by atoms with Crippen LogP contribution >= 0.6 is 15.9 Å². The van der Waals surface area contributed by atoms with Crippen molar-refractivity contribution in [2.75, 3.05) is 25.0 Å². The fourth-order valence-corrected chi connectivity index (χ4v) is 3.67. The van der Waals surface area contributed by atoms with E-state index in [1.807, 2.05) is 54.6 Å². The Morgan fingerprint density at radius 2 is 1.88 bits per heavy atom. The molecule has 2 N–H and O–H groups in total. The van der Waals surface area contributed by atoms with E-state index in [-0.39, 0.29) is 0 Å². The van der Waals surface area contributed by atoms with Crippen LogP contribution in [-0.4, -0.2) is 34.6 Å². The lowest BCUT2D eigenvalue weighted by Gasteiger charge is -2.10. The third-order valence-electron chi connectivity index (χ3n) is 4.75. The maximum Gasteiger partial charge on any atom is 0.229 e. The van der Waals surface area contributed by atoms with Crippen LogP contribution in [-0.2, 0) is 0 Å². The lowest BCUT2D eigenvalue weighted by Crippen LogP contribution is -2.20. The minimum Gasteiger partial charge on any atom is -0.492 e. The normalized spacial score (nSPS) is 10.7. The smallest absolute Gasteiger partial charge is 0.229 e. The van der Waals surface area contributed by atoms with Crippen LogP contribution in [0.5, 0.6) is 5.75 Å². The molecule has 0 aliphatic heterocycles. The molecule has 7 nitrogen and oxygen atoms in total. The van der Waals surface area contributed by atoms with Crippen molar-refractivity contribution in [1.82, 2.24) is 20.3 Å². The van der Waals surface area contributed by atoms with Crippen molar-refractivity contribution in [2.24, 2.45) is 0 Å². The van der Waals surface area contributed by atoms with Gasteiger partial charge in [0.05, 0.1) is 0 Å². The van der Waals surface area contributed by atoms with E-state index in [9.17, 15) is 5.26 Å². The molecular weight excluding hydrogens is 468 g/mol.